The third-order valence-electron chi connectivity index (χ3n) is 5.80. The first-order valence-corrected chi connectivity index (χ1v) is 11.1. The summed E-state index contributed by atoms with van der Waals surface area (Å²) in [7, 11) is 0. The van der Waals surface area contributed by atoms with Gasteiger partial charge in [0.05, 0.1) is 5.69 Å². The maximum Gasteiger partial charge on any atom is 0.261 e. The SMILES string of the molecule is CCCCCn1c(N2CCCC(C)C2)cc(=O)n2cc(-c3ccc(Cl)cc3)nc12. The number of hydrogen-bond donors (Lipinski definition) is 0. The Kier molecular flexibility index (Phi) is 5.95. The fourth-order valence-electron chi connectivity index (χ4n) is 4.24. The van der Waals surface area contributed by atoms with Gasteiger partial charge in [-0.1, -0.05) is 50.4 Å². The largest absolute Gasteiger partial charge is 0.358 e. The van der Waals surface area contributed by atoms with Gasteiger partial charge in [-0.2, -0.15) is 0 Å². The van der Waals surface area contributed by atoms with Gasteiger partial charge >= 0.3 is 0 Å². The van der Waals surface area contributed by atoms with Gasteiger partial charge in [0, 0.05) is 42.5 Å². The van der Waals surface area contributed by atoms with Gasteiger partial charge in [0.25, 0.3) is 5.56 Å². The maximum absolute atomic E-state index is 13.0. The van der Waals surface area contributed by atoms with Crippen molar-refractivity contribution in [2.24, 2.45) is 5.92 Å². The zero-order valence-corrected chi connectivity index (χ0v) is 18.0. The topological polar surface area (TPSA) is 42.5 Å². The maximum atomic E-state index is 13.0. The molecule has 1 saturated heterocycles. The molecule has 0 N–H and O–H groups in total. The summed E-state index contributed by atoms with van der Waals surface area (Å²) in [4.78, 5) is 20.2. The van der Waals surface area contributed by atoms with Gasteiger partial charge in [0.1, 0.15) is 5.82 Å². The molecule has 4 rings (SSSR count). The van der Waals surface area contributed by atoms with Crippen molar-refractivity contribution in [2.75, 3.05) is 18.0 Å². The van der Waals surface area contributed by atoms with Crippen molar-refractivity contribution in [1.29, 1.82) is 0 Å². The van der Waals surface area contributed by atoms with E-state index in [1.54, 1.807) is 10.5 Å². The molecule has 29 heavy (non-hydrogen) atoms. The highest BCUT2D eigenvalue weighted by atomic mass is 35.5. The van der Waals surface area contributed by atoms with Crippen LogP contribution in [0.1, 0.15) is 46.0 Å². The molecule has 0 aliphatic carbocycles. The second kappa shape index (κ2) is 8.62. The Morgan fingerprint density at radius 1 is 1.21 bits per heavy atom. The van der Waals surface area contributed by atoms with Crippen molar-refractivity contribution in [2.45, 2.75) is 52.5 Å². The summed E-state index contributed by atoms with van der Waals surface area (Å²) in [5, 5.41) is 0.693. The van der Waals surface area contributed by atoms with E-state index in [4.69, 9.17) is 16.6 Å². The molecular formula is C23H29ClN4O. The van der Waals surface area contributed by atoms with Crippen LogP contribution in [0.4, 0.5) is 5.82 Å². The fraction of sp³-hybridized carbons (Fsp3) is 0.478. The van der Waals surface area contributed by atoms with E-state index in [0.717, 1.165) is 55.3 Å². The minimum absolute atomic E-state index is 0.0207. The van der Waals surface area contributed by atoms with Crippen LogP contribution in [-0.2, 0) is 6.54 Å². The van der Waals surface area contributed by atoms with Gasteiger partial charge in [-0.25, -0.2) is 4.98 Å². The molecule has 1 fully saturated rings. The molecule has 0 radical (unpaired) electrons. The third kappa shape index (κ3) is 4.20. The van der Waals surface area contributed by atoms with E-state index in [1.807, 2.05) is 30.5 Å². The molecule has 6 heteroatoms. The lowest BCUT2D eigenvalue weighted by Gasteiger charge is -2.34. The second-order valence-corrected chi connectivity index (χ2v) is 8.63. The average Bonchev–Trinajstić information content (AvgIpc) is 3.16. The van der Waals surface area contributed by atoms with Gasteiger partial charge in [-0.05, 0) is 37.3 Å². The van der Waals surface area contributed by atoms with Crippen molar-refractivity contribution in [1.82, 2.24) is 14.0 Å². The van der Waals surface area contributed by atoms with Crippen LogP contribution in [0.5, 0.6) is 0 Å². The highest BCUT2D eigenvalue weighted by Crippen LogP contribution is 2.26. The number of halogens is 1. The number of anilines is 1. The summed E-state index contributed by atoms with van der Waals surface area (Å²) < 4.78 is 3.93. The van der Waals surface area contributed by atoms with Crippen LogP contribution >= 0.6 is 11.6 Å². The van der Waals surface area contributed by atoms with Crippen LogP contribution in [0.3, 0.4) is 0 Å². The standard InChI is InChI=1S/C23H29ClN4O/c1-3-4-5-13-27-21(26-12-6-7-17(2)15-26)14-22(29)28-16-20(25-23(27)28)18-8-10-19(24)11-9-18/h8-11,14,16-17H,3-7,12-13,15H2,1-2H3. The smallest absolute Gasteiger partial charge is 0.261 e. The van der Waals surface area contributed by atoms with Crippen LogP contribution < -0.4 is 10.5 Å². The van der Waals surface area contributed by atoms with Gasteiger partial charge in [-0.3, -0.25) is 13.8 Å². The highest BCUT2D eigenvalue weighted by molar-refractivity contribution is 6.30. The summed E-state index contributed by atoms with van der Waals surface area (Å²) in [5.74, 6) is 2.38. The molecule has 0 bridgehead atoms. The monoisotopic (exact) mass is 412 g/mol. The molecule has 1 atom stereocenters. The number of aromatic nitrogens is 3. The summed E-state index contributed by atoms with van der Waals surface area (Å²) in [6.07, 6.45) is 7.67. The van der Waals surface area contributed by atoms with Crippen molar-refractivity contribution in [3.8, 4) is 11.3 Å². The van der Waals surface area contributed by atoms with E-state index in [2.05, 4.69) is 23.3 Å². The number of aryl methyl sites for hydroxylation is 1. The van der Waals surface area contributed by atoms with Crippen molar-refractivity contribution < 1.29 is 0 Å². The first-order chi connectivity index (χ1) is 14.1. The molecule has 1 aliphatic heterocycles. The molecule has 3 aromatic rings. The summed E-state index contributed by atoms with van der Waals surface area (Å²) >= 11 is 6.03. The summed E-state index contributed by atoms with van der Waals surface area (Å²) in [6.45, 7) is 7.36. The number of nitrogens with zero attached hydrogens (tertiary/aromatic N) is 4. The Balaban J connectivity index is 1.82. The van der Waals surface area contributed by atoms with Gasteiger partial charge in [-0.15, -0.1) is 0 Å². The van der Waals surface area contributed by atoms with Crippen LogP contribution in [-0.4, -0.2) is 27.0 Å². The minimum Gasteiger partial charge on any atom is -0.358 e. The summed E-state index contributed by atoms with van der Waals surface area (Å²) in [6, 6.07) is 9.40. The van der Waals surface area contributed by atoms with E-state index in [0.29, 0.717) is 10.9 Å². The lowest BCUT2D eigenvalue weighted by molar-refractivity contribution is 0.438. The lowest BCUT2D eigenvalue weighted by Crippen LogP contribution is -2.37. The second-order valence-electron chi connectivity index (χ2n) is 8.20. The van der Waals surface area contributed by atoms with E-state index >= 15 is 0 Å². The number of benzene rings is 1. The van der Waals surface area contributed by atoms with E-state index in [-0.39, 0.29) is 5.56 Å². The number of piperidine rings is 1. The first-order valence-electron chi connectivity index (χ1n) is 10.7. The minimum atomic E-state index is -0.0207. The number of hydrogen-bond acceptors (Lipinski definition) is 3. The van der Waals surface area contributed by atoms with Gasteiger partial charge in [0.2, 0.25) is 5.78 Å². The van der Waals surface area contributed by atoms with E-state index in [1.165, 1.54) is 19.3 Å². The average molecular weight is 413 g/mol. The zero-order chi connectivity index (χ0) is 20.4. The Bertz CT molecular complexity index is 1040. The van der Waals surface area contributed by atoms with E-state index in [9.17, 15) is 4.79 Å². The van der Waals surface area contributed by atoms with Crippen molar-refractivity contribution >= 4 is 23.2 Å². The molecule has 5 nitrogen and oxygen atoms in total. The number of fused-ring (bicyclic) bond motifs is 1. The zero-order valence-electron chi connectivity index (χ0n) is 17.3. The van der Waals surface area contributed by atoms with E-state index < -0.39 is 0 Å². The normalized spacial score (nSPS) is 17.2. The Morgan fingerprint density at radius 2 is 2.00 bits per heavy atom. The highest BCUT2D eigenvalue weighted by Gasteiger charge is 2.22. The van der Waals surface area contributed by atoms with Crippen LogP contribution in [0.2, 0.25) is 5.02 Å². The predicted octanol–water partition coefficient (Wildman–Crippen LogP) is 5.24. The Labute approximate surface area is 176 Å². The van der Waals surface area contributed by atoms with Gasteiger partial charge < -0.3 is 4.90 Å². The molecule has 154 valence electrons. The first kappa shape index (κ1) is 20.0. The molecular weight excluding hydrogens is 384 g/mol. The molecule has 0 saturated carbocycles. The van der Waals surface area contributed by atoms with Crippen molar-refractivity contribution in [3.05, 3.63) is 51.9 Å². The fourth-order valence-corrected chi connectivity index (χ4v) is 4.36. The molecule has 1 unspecified atom stereocenters. The van der Waals surface area contributed by atoms with Crippen molar-refractivity contribution in [3.63, 3.8) is 0 Å². The molecule has 1 aromatic carbocycles. The Hall–Kier alpha value is -2.27. The quantitative estimate of drug-likeness (QED) is 0.520. The lowest BCUT2D eigenvalue weighted by atomic mass is 10.0. The molecule has 0 amide bonds. The van der Waals surface area contributed by atoms with Crippen LogP contribution in [0, 0.1) is 5.92 Å². The molecule has 1 aliphatic rings. The van der Waals surface area contributed by atoms with Crippen LogP contribution in [0.25, 0.3) is 17.0 Å². The van der Waals surface area contributed by atoms with Gasteiger partial charge in [0.15, 0.2) is 0 Å². The van der Waals surface area contributed by atoms with Crippen LogP contribution in [0.15, 0.2) is 41.3 Å². The molecule has 3 heterocycles. The predicted molar refractivity (Wildman–Crippen MR) is 120 cm³/mol. The molecule has 0 spiro atoms. The summed E-state index contributed by atoms with van der Waals surface area (Å²) in [5.41, 5.74) is 1.74. The number of rotatable bonds is 6. The Morgan fingerprint density at radius 3 is 2.72 bits per heavy atom. The number of imidazole rings is 1. The molecule has 2 aromatic heterocycles. The number of unbranched alkanes of at least 4 members (excludes halogenated alkanes) is 2. The third-order valence-corrected chi connectivity index (χ3v) is 6.05.